The number of nitrogens with zero attached hydrogens (tertiary/aromatic N) is 2. The highest BCUT2D eigenvalue weighted by atomic mass is 32.1. The monoisotopic (exact) mass is 218 g/mol. The highest BCUT2D eigenvalue weighted by molar-refractivity contribution is 7.80. The fraction of sp³-hybridized carbons (Fsp3) is 0.250. The topological polar surface area (TPSA) is 8.17 Å². The van der Waals surface area contributed by atoms with Crippen LogP contribution in [0, 0.1) is 6.92 Å². The smallest absolute Gasteiger partial charge is 0.179 e. The van der Waals surface area contributed by atoms with Crippen LogP contribution in [0.4, 0.5) is 0 Å². The summed E-state index contributed by atoms with van der Waals surface area (Å²) in [5.41, 5.74) is 2.44. The molecule has 78 valence electrons. The van der Waals surface area contributed by atoms with Gasteiger partial charge >= 0.3 is 0 Å². The molecule has 0 aliphatic carbocycles. The largest absolute Gasteiger partial charge is 0.355 e. The van der Waals surface area contributed by atoms with Crippen LogP contribution < -0.4 is 0 Å². The van der Waals surface area contributed by atoms with E-state index in [2.05, 4.69) is 31.2 Å². The quantitative estimate of drug-likeness (QED) is 0.628. The third kappa shape index (κ3) is 1.75. The van der Waals surface area contributed by atoms with Crippen molar-refractivity contribution < 1.29 is 0 Å². The van der Waals surface area contributed by atoms with Crippen LogP contribution in [-0.4, -0.2) is 28.7 Å². The summed E-state index contributed by atoms with van der Waals surface area (Å²) in [4.78, 5) is 1.94. The normalized spacial score (nSPS) is 10.6. The van der Waals surface area contributed by atoms with E-state index in [0.29, 0.717) is 0 Å². The minimum absolute atomic E-state index is 0.814. The number of aryl methyl sites for hydroxylation is 1. The third-order valence-corrected chi connectivity index (χ3v) is 3.00. The van der Waals surface area contributed by atoms with Crippen LogP contribution in [-0.2, 0) is 0 Å². The van der Waals surface area contributed by atoms with Gasteiger partial charge in [-0.05, 0) is 37.3 Å². The van der Waals surface area contributed by atoms with Gasteiger partial charge in [0.25, 0.3) is 0 Å². The molecule has 0 aliphatic heterocycles. The molecular weight excluding hydrogens is 204 g/mol. The predicted molar refractivity (Wildman–Crippen MR) is 68.4 cm³/mol. The lowest BCUT2D eigenvalue weighted by molar-refractivity contribution is 0.614. The molecule has 0 amide bonds. The van der Waals surface area contributed by atoms with Crippen molar-refractivity contribution in [3.05, 3.63) is 36.0 Å². The Kier molecular flexibility index (Phi) is 2.49. The Hall–Kier alpha value is -1.35. The van der Waals surface area contributed by atoms with E-state index in [1.165, 1.54) is 16.5 Å². The van der Waals surface area contributed by atoms with Gasteiger partial charge in [0.15, 0.2) is 5.11 Å². The minimum atomic E-state index is 0.814. The molecule has 0 fully saturated rings. The van der Waals surface area contributed by atoms with E-state index >= 15 is 0 Å². The molecule has 0 spiro atoms. The van der Waals surface area contributed by atoms with Gasteiger partial charge in [-0.3, -0.25) is 4.57 Å². The molecule has 1 heterocycles. The van der Waals surface area contributed by atoms with Gasteiger partial charge in [-0.1, -0.05) is 11.6 Å². The van der Waals surface area contributed by atoms with E-state index in [1.807, 2.05) is 29.8 Å². The standard InChI is InChI=1S/C12H14N2S/c1-9-4-5-11-10(8-9)6-7-14(11)12(15)13(2)3/h4-8H,1-3H3. The van der Waals surface area contributed by atoms with E-state index in [4.69, 9.17) is 12.2 Å². The molecule has 2 aromatic rings. The van der Waals surface area contributed by atoms with Gasteiger partial charge < -0.3 is 4.90 Å². The Morgan fingerprint density at radius 3 is 2.67 bits per heavy atom. The zero-order chi connectivity index (χ0) is 11.0. The summed E-state index contributed by atoms with van der Waals surface area (Å²) in [6, 6.07) is 8.49. The summed E-state index contributed by atoms with van der Waals surface area (Å²) in [6.45, 7) is 2.10. The third-order valence-electron chi connectivity index (χ3n) is 2.43. The number of fused-ring (bicyclic) bond motifs is 1. The lowest BCUT2D eigenvalue weighted by Crippen LogP contribution is -2.26. The van der Waals surface area contributed by atoms with Crippen molar-refractivity contribution in [1.82, 2.24) is 9.47 Å². The van der Waals surface area contributed by atoms with Gasteiger partial charge in [-0.25, -0.2) is 0 Å². The van der Waals surface area contributed by atoms with E-state index in [0.717, 1.165) is 5.11 Å². The first-order valence-corrected chi connectivity index (χ1v) is 5.30. The first-order valence-electron chi connectivity index (χ1n) is 4.89. The molecule has 0 atom stereocenters. The Balaban J connectivity index is 2.59. The summed E-state index contributed by atoms with van der Waals surface area (Å²) in [6.07, 6.45) is 2.02. The summed E-state index contributed by atoms with van der Waals surface area (Å²) in [7, 11) is 3.92. The second-order valence-electron chi connectivity index (χ2n) is 3.93. The summed E-state index contributed by atoms with van der Waals surface area (Å²) in [5.74, 6) is 0. The summed E-state index contributed by atoms with van der Waals surface area (Å²) >= 11 is 5.35. The molecule has 0 radical (unpaired) electrons. The maximum Gasteiger partial charge on any atom is 0.179 e. The van der Waals surface area contributed by atoms with Crippen LogP contribution in [0.25, 0.3) is 10.9 Å². The van der Waals surface area contributed by atoms with Crippen molar-refractivity contribution in [3.63, 3.8) is 0 Å². The molecule has 15 heavy (non-hydrogen) atoms. The van der Waals surface area contributed by atoms with E-state index in [-0.39, 0.29) is 0 Å². The highest BCUT2D eigenvalue weighted by Gasteiger charge is 2.06. The zero-order valence-corrected chi connectivity index (χ0v) is 10.0. The van der Waals surface area contributed by atoms with Crippen molar-refractivity contribution in [3.8, 4) is 0 Å². The molecule has 0 saturated heterocycles. The number of rotatable bonds is 0. The molecule has 0 unspecified atom stereocenters. The van der Waals surface area contributed by atoms with Gasteiger partial charge in [0, 0.05) is 25.7 Å². The minimum Gasteiger partial charge on any atom is -0.355 e. The van der Waals surface area contributed by atoms with Gasteiger partial charge in [0.1, 0.15) is 0 Å². The SMILES string of the molecule is Cc1ccc2c(ccn2C(=S)N(C)C)c1. The molecule has 2 rings (SSSR count). The molecule has 1 aromatic heterocycles. The van der Waals surface area contributed by atoms with Crippen molar-refractivity contribution >= 4 is 28.2 Å². The fourth-order valence-electron chi connectivity index (χ4n) is 1.64. The van der Waals surface area contributed by atoms with Gasteiger partial charge in [-0.2, -0.15) is 0 Å². The van der Waals surface area contributed by atoms with Crippen LogP contribution in [0.1, 0.15) is 5.56 Å². The van der Waals surface area contributed by atoms with E-state index < -0.39 is 0 Å². The van der Waals surface area contributed by atoms with Crippen molar-refractivity contribution in [2.24, 2.45) is 0 Å². The Morgan fingerprint density at radius 1 is 1.27 bits per heavy atom. The average Bonchev–Trinajstić information content (AvgIpc) is 2.59. The maximum absolute atomic E-state index is 5.35. The van der Waals surface area contributed by atoms with Crippen LogP contribution in [0.5, 0.6) is 0 Å². The molecule has 3 heteroatoms. The Morgan fingerprint density at radius 2 is 2.00 bits per heavy atom. The molecule has 1 aromatic carbocycles. The Labute approximate surface area is 95.1 Å². The van der Waals surface area contributed by atoms with Gasteiger partial charge in [0.05, 0.1) is 5.52 Å². The lowest BCUT2D eigenvalue weighted by atomic mass is 10.2. The van der Waals surface area contributed by atoms with Crippen molar-refractivity contribution in [1.29, 1.82) is 0 Å². The van der Waals surface area contributed by atoms with Crippen LogP contribution in [0.2, 0.25) is 0 Å². The summed E-state index contributed by atoms with van der Waals surface area (Å²) in [5, 5.41) is 2.05. The molecule has 0 bridgehead atoms. The van der Waals surface area contributed by atoms with E-state index in [9.17, 15) is 0 Å². The second kappa shape index (κ2) is 3.66. The first kappa shape index (κ1) is 10.2. The van der Waals surface area contributed by atoms with Crippen LogP contribution in [0.3, 0.4) is 0 Å². The number of hydrogen-bond donors (Lipinski definition) is 0. The molecule has 0 saturated carbocycles. The van der Waals surface area contributed by atoms with Crippen molar-refractivity contribution in [2.75, 3.05) is 14.1 Å². The van der Waals surface area contributed by atoms with Gasteiger partial charge in [-0.15, -0.1) is 0 Å². The zero-order valence-electron chi connectivity index (χ0n) is 9.19. The molecular formula is C12H14N2S. The van der Waals surface area contributed by atoms with Crippen molar-refractivity contribution in [2.45, 2.75) is 6.92 Å². The maximum atomic E-state index is 5.35. The molecule has 0 N–H and O–H groups in total. The average molecular weight is 218 g/mol. The van der Waals surface area contributed by atoms with Gasteiger partial charge in [0.2, 0.25) is 0 Å². The number of thiocarbonyl (C=S) groups is 1. The summed E-state index contributed by atoms with van der Waals surface area (Å²) < 4.78 is 2.03. The highest BCUT2D eigenvalue weighted by Crippen LogP contribution is 2.17. The second-order valence-corrected chi connectivity index (χ2v) is 4.29. The van der Waals surface area contributed by atoms with Crippen LogP contribution >= 0.6 is 12.2 Å². The Bertz CT molecular complexity index is 511. The molecule has 2 nitrogen and oxygen atoms in total. The number of aromatic nitrogens is 1. The van der Waals surface area contributed by atoms with Crippen LogP contribution in [0.15, 0.2) is 30.5 Å². The first-order chi connectivity index (χ1) is 7.09. The van der Waals surface area contributed by atoms with E-state index in [1.54, 1.807) is 0 Å². The fourth-order valence-corrected chi connectivity index (χ4v) is 1.80. The predicted octanol–water partition coefficient (Wildman–Crippen LogP) is 2.64. The number of benzene rings is 1. The lowest BCUT2D eigenvalue weighted by Gasteiger charge is -2.15. The number of hydrogen-bond acceptors (Lipinski definition) is 1. The molecule has 0 aliphatic rings.